The van der Waals surface area contributed by atoms with Crippen molar-refractivity contribution < 1.29 is 14.6 Å². The van der Waals surface area contributed by atoms with Gasteiger partial charge in [-0.15, -0.1) is 0 Å². The zero-order valence-corrected chi connectivity index (χ0v) is 18.8. The molecule has 1 aliphatic heterocycles. The van der Waals surface area contributed by atoms with Gasteiger partial charge in [-0.2, -0.15) is 0 Å². The van der Waals surface area contributed by atoms with Crippen LogP contribution in [0.25, 0.3) is 17.0 Å². The van der Waals surface area contributed by atoms with Crippen molar-refractivity contribution in [3.63, 3.8) is 0 Å². The van der Waals surface area contributed by atoms with E-state index in [1.165, 1.54) is 6.07 Å². The Morgan fingerprint density at radius 3 is 2.78 bits per heavy atom. The minimum atomic E-state index is -0.851. The van der Waals surface area contributed by atoms with Crippen LogP contribution < -0.4 is 10.3 Å². The van der Waals surface area contributed by atoms with Gasteiger partial charge in [0.05, 0.1) is 18.3 Å². The SMILES string of the molecule is CCCCCn1c(O[C@H]2CCN(CC(=O)O)C2)cc(=O)n2cc(-c3ccc(Cl)cc3)nc12. The molecule has 1 fully saturated rings. The second kappa shape index (κ2) is 9.75. The van der Waals surface area contributed by atoms with Gasteiger partial charge < -0.3 is 9.84 Å². The van der Waals surface area contributed by atoms with Crippen molar-refractivity contribution in [3.8, 4) is 17.1 Å². The van der Waals surface area contributed by atoms with E-state index in [0.29, 0.717) is 48.4 Å². The maximum atomic E-state index is 12.9. The van der Waals surface area contributed by atoms with E-state index in [2.05, 4.69) is 6.92 Å². The highest BCUT2D eigenvalue weighted by molar-refractivity contribution is 6.30. The average molecular weight is 459 g/mol. The maximum absolute atomic E-state index is 12.9. The lowest BCUT2D eigenvalue weighted by Crippen LogP contribution is -2.30. The standard InChI is InChI=1S/C23H27ClN4O4/c1-2-3-4-10-27-21(32-18-9-11-26(13-18)15-22(30)31)12-20(29)28-14-19(25-23(27)28)16-5-7-17(24)8-6-16/h5-8,12,14,18H,2-4,9-11,13,15H2,1H3,(H,30,31)/t18-/m0/s1. The number of carbonyl (C=O) groups is 1. The number of fused-ring (bicyclic) bond motifs is 1. The number of hydrogen-bond donors (Lipinski definition) is 1. The van der Waals surface area contributed by atoms with Gasteiger partial charge >= 0.3 is 5.97 Å². The van der Waals surface area contributed by atoms with Crippen molar-refractivity contribution >= 4 is 23.3 Å². The van der Waals surface area contributed by atoms with Gasteiger partial charge in [-0.3, -0.25) is 23.5 Å². The van der Waals surface area contributed by atoms with E-state index in [0.717, 1.165) is 24.8 Å². The highest BCUT2D eigenvalue weighted by Gasteiger charge is 2.27. The molecule has 0 amide bonds. The third kappa shape index (κ3) is 4.97. The van der Waals surface area contributed by atoms with Gasteiger partial charge in [-0.05, 0) is 25.0 Å². The van der Waals surface area contributed by atoms with Gasteiger partial charge in [0.25, 0.3) is 5.56 Å². The van der Waals surface area contributed by atoms with Crippen molar-refractivity contribution in [2.75, 3.05) is 19.6 Å². The predicted octanol–water partition coefficient (Wildman–Crippen LogP) is 3.54. The van der Waals surface area contributed by atoms with Crippen molar-refractivity contribution in [2.24, 2.45) is 0 Å². The van der Waals surface area contributed by atoms with Crippen molar-refractivity contribution in [1.29, 1.82) is 0 Å². The van der Waals surface area contributed by atoms with Crippen LogP contribution in [0.5, 0.6) is 5.88 Å². The summed E-state index contributed by atoms with van der Waals surface area (Å²) in [6.07, 6.45) is 5.35. The van der Waals surface area contributed by atoms with E-state index in [-0.39, 0.29) is 18.2 Å². The summed E-state index contributed by atoms with van der Waals surface area (Å²) in [7, 11) is 0. The Kier molecular flexibility index (Phi) is 6.81. The summed E-state index contributed by atoms with van der Waals surface area (Å²) >= 11 is 6.01. The van der Waals surface area contributed by atoms with Crippen LogP contribution in [0.1, 0.15) is 32.6 Å². The Morgan fingerprint density at radius 2 is 2.06 bits per heavy atom. The van der Waals surface area contributed by atoms with E-state index >= 15 is 0 Å². The largest absolute Gasteiger partial charge is 0.480 e. The molecule has 3 heterocycles. The van der Waals surface area contributed by atoms with Gasteiger partial charge in [0, 0.05) is 36.4 Å². The number of imidazole rings is 1. The van der Waals surface area contributed by atoms with Crippen LogP contribution in [-0.2, 0) is 11.3 Å². The number of halogens is 1. The van der Waals surface area contributed by atoms with Crippen LogP contribution in [-0.4, -0.2) is 55.7 Å². The van der Waals surface area contributed by atoms with Crippen LogP contribution in [0.3, 0.4) is 0 Å². The van der Waals surface area contributed by atoms with Crippen LogP contribution in [0.15, 0.2) is 41.3 Å². The van der Waals surface area contributed by atoms with E-state index in [1.807, 2.05) is 21.6 Å². The molecule has 0 aliphatic carbocycles. The molecule has 1 atom stereocenters. The number of rotatable bonds is 9. The zero-order chi connectivity index (χ0) is 22.7. The Morgan fingerprint density at radius 1 is 1.28 bits per heavy atom. The van der Waals surface area contributed by atoms with E-state index in [1.54, 1.807) is 22.7 Å². The zero-order valence-electron chi connectivity index (χ0n) is 18.0. The maximum Gasteiger partial charge on any atom is 0.317 e. The summed E-state index contributed by atoms with van der Waals surface area (Å²) in [5.74, 6) is 0.165. The molecule has 1 saturated heterocycles. The number of aliphatic carboxylic acids is 1. The number of benzene rings is 1. The van der Waals surface area contributed by atoms with Crippen LogP contribution in [0.2, 0.25) is 5.02 Å². The number of carboxylic acid groups (broad SMARTS) is 1. The lowest BCUT2D eigenvalue weighted by molar-refractivity contribution is -0.138. The minimum absolute atomic E-state index is 0.00703. The molecule has 4 rings (SSSR count). The smallest absolute Gasteiger partial charge is 0.317 e. The fourth-order valence-corrected chi connectivity index (χ4v) is 4.19. The molecule has 1 N–H and O–H groups in total. The second-order valence-electron chi connectivity index (χ2n) is 8.14. The van der Waals surface area contributed by atoms with Gasteiger partial charge in [-0.1, -0.05) is 43.5 Å². The van der Waals surface area contributed by atoms with Crippen LogP contribution in [0.4, 0.5) is 0 Å². The number of nitrogens with zero attached hydrogens (tertiary/aromatic N) is 4. The summed E-state index contributed by atoms with van der Waals surface area (Å²) in [5, 5.41) is 9.67. The molecule has 1 aromatic carbocycles. The number of aryl methyl sites for hydroxylation is 1. The molecule has 2 aromatic heterocycles. The lowest BCUT2D eigenvalue weighted by atomic mass is 10.2. The predicted molar refractivity (Wildman–Crippen MR) is 123 cm³/mol. The van der Waals surface area contributed by atoms with Gasteiger partial charge in [-0.25, -0.2) is 4.98 Å². The Hall–Kier alpha value is -2.84. The first-order chi connectivity index (χ1) is 15.4. The number of unbranched alkanes of at least 4 members (excludes halogenated alkanes) is 2. The summed E-state index contributed by atoms with van der Waals surface area (Å²) < 4.78 is 9.73. The van der Waals surface area contributed by atoms with Crippen molar-refractivity contribution in [3.05, 3.63) is 51.9 Å². The minimum Gasteiger partial charge on any atom is -0.480 e. The molecule has 8 nitrogen and oxygen atoms in total. The molecule has 3 aromatic rings. The average Bonchev–Trinajstić information content (AvgIpc) is 3.38. The molecule has 32 heavy (non-hydrogen) atoms. The van der Waals surface area contributed by atoms with Crippen LogP contribution in [0, 0.1) is 0 Å². The molecule has 170 valence electrons. The van der Waals surface area contributed by atoms with Gasteiger partial charge in [0.1, 0.15) is 6.10 Å². The second-order valence-corrected chi connectivity index (χ2v) is 8.58. The number of likely N-dealkylation sites (tertiary alicyclic amines) is 1. The van der Waals surface area contributed by atoms with Gasteiger partial charge in [0.15, 0.2) is 0 Å². The highest BCUT2D eigenvalue weighted by Crippen LogP contribution is 2.24. The summed E-state index contributed by atoms with van der Waals surface area (Å²) in [6, 6.07) is 8.86. The van der Waals surface area contributed by atoms with Gasteiger partial charge in [0.2, 0.25) is 11.7 Å². The van der Waals surface area contributed by atoms with E-state index < -0.39 is 5.97 Å². The molecule has 1 aliphatic rings. The Labute approximate surface area is 191 Å². The molecule has 0 saturated carbocycles. The van der Waals surface area contributed by atoms with Crippen molar-refractivity contribution in [1.82, 2.24) is 18.9 Å². The fourth-order valence-electron chi connectivity index (χ4n) is 4.06. The monoisotopic (exact) mass is 458 g/mol. The van der Waals surface area contributed by atoms with E-state index in [4.69, 9.17) is 26.4 Å². The van der Waals surface area contributed by atoms with E-state index in [9.17, 15) is 9.59 Å². The molecule has 0 radical (unpaired) electrons. The van der Waals surface area contributed by atoms with Crippen molar-refractivity contribution in [2.45, 2.75) is 45.3 Å². The van der Waals surface area contributed by atoms with Crippen LogP contribution >= 0.6 is 11.6 Å². The normalized spacial score (nSPS) is 16.6. The molecular formula is C23H27ClN4O4. The summed E-state index contributed by atoms with van der Waals surface area (Å²) in [5.41, 5.74) is 1.35. The first-order valence-corrected chi connectivity index (χ1v) is 11.3. The third-order valence-electron chi connectivity index (χ3n) is 5.68. The Balaban J connectivity index is 1.68. The third-order valence-corrected chi connectivity index (χ3v) is 5.93. The molecule has 0 bridgehead atoms. The fraction of sp³-hybridized carbons (Fsp3) is 0.435. The summed E-state index contributed by atoms with van der Waals surface area (Å²) in [6.45, 7) is 3.99. The molecule has 0 spiro atoms. The summed E-state index contributed by atoms with van der Waals surface area (Å²) in [4.78, 5) is 30.5. The first-order valence-electron chi connectivity index (χ1n) is 10.9. The topological polar surface area (TPSA) is 89.1 Å². The first kappa shape index (κ1) is 22.4. The highest BCUT2D eigenvalue weighted by atomic mass is 35.5. The number of ether oxygens (including phenoxy) is 1. The molecule has 9 heteroatoms. The number of carboxylic acids is 1. The number of aromatic nitrogens is 3. The lowest BCUT2D eigenvalue weighted by Gasteiger charge is -2.19. The quantitative estimate of drug-likeness (QED) is 0.493. The molecule has 0 unspecified atom stereocenters. The Bertz CT molecular complexity index is 1160. The molecular weight excluding hydrogens is 432 g/mol. The number of hydrogen-bond acceptors (Lipinski definition) is 5.